The van der Waals surface area contributed by atoms with Crippen LogP contribution in [-0.2, 0) is 7.05 Å². The van der Waals surface area contributed by atoms with Crippen LogP contribution in [0, 0.1) is 17.0 Å². The third-order valence-corrected chi connectivity index (χ3v) is 2.01. The van der Waals surface area contributed by atoms with Gasteiger partial charge in [-0.3, -0.25) is 4.57 Å². The van der Waals surface area contributed by atoms with Gasteiger partial charge >= 0.3 is 5.82 Å². The molecule has 0 saturated heterocycles. The summed E-state index contributed by atoms with van der Waals surface area (Å²) in [6.07, 6.45) is 0. The third-order valence-electron chi connectivity index (χ3n) is 2.01. The number of nitro groups is 1. The van der Waals surface area contributed by atoms with E-state index in [0.29, 0.717) is 19.0 Å². The number of nitrogens with zero attached hydrogens (tertiary/aromatic N) is 3. The molecular weight excluding hydrogens is 200 g/mol. The van der Waals surface area contributed by atoms with E-state index in [2.05, 4.69) is 10.3 Å². The molecule has 0 fully saturated rings. The van der Waals surface area contributed by atoms with Crippen molar-refractivity contribution in [3.05, 3.63) is 15.9 Å². The molecule has 1 aromatic rings. The predicted octanol–water partition coefficient (Wildman–Crippen LogP) is 0.235. The molecular formula is C8H14N4O3. The Morgan fingerprint density at radius 2 is 2.33 bits per heavy atom. The van der Waals surface area contributed by atoms with E-state index < -0.39 is 4.92 Å². The van der Waals surface area contributed by atoms with Gasteiger partial charge in [0.05, 0.1) is 0 Å². The van der Waals surface area contributed by atoms with Crippen LogP contribution in [0.2, 0.25) is 0 Å². The second-order valence-electron chi connectivity index (χ2n) is 3.06. The smallest absolute Gasteiger partial charge is 0.426 e. The maximum Gasteiger partial charge on any atom is 0.426 e. The number of nitrogens with one attached hydrogen (secondary N) is 1. The van der Waals surface area contributed by atoms with Crippen LogP contribution in [0.25, 0.3) is 0 Å². The molecule has 1 N–H and O–H groups in total. The molecule has 0 atom stereocenters. The fourth-order valence-electron chi connectivity index (χ4n) is 1.10. The van der Waals surface area contributed by atoms with Gasteiger partial charge in [0.1, 0.15) is 6.61 Å². The Kier molecular flexibility index (Phi) is 3.62. The molecule has 0 saturated carbocycles. The van der Waals surface area contributed by atoms with Crippen molar-refractivity contribution in [1.82, 2.24) is 14.9 Å². The molecule has 1 rings (SSSR count). The number of rotatable bonds is 5. The van der Waals surface area contributed by atoms with Gasteiger partial charge in [-0.15, -0.1) is 0 Å². The van der Waals surface area contributed by atoms with E-state index in [4.69, 9.17) is 4.74 Å². The number of likely N-dealkylation sites (N-methyl/N-ethyl adjacent to an activating group) is 1. The molecule has 0 amide bonds. The average molecular weight is 214 g/mol. The fourth-order valence-corrected chi connectivity index (χ4v) is 1.10. The van der Waals surface area contributed by atoms with Gasteiger partial charge in [0.15, 0.2) is 0 Å². The van der Waals surface area contributed by atoms with Crippen LogP contribution >= 0.6 is 0 Å². The number of hydrogen-bond donors (Lipinski definition) is 1. The van der Waals surface area contributed by atoms with Crippen molar-refractivity contribution in [3.8, 4) is 5.88 Å². The Balaban J connectivity index is 2.88. The molecule has 0 aliphatic heterocycles. The molecule has 7 nitrogen and oxygen atoms in total. The highest BCUT2D eigenvalue weighted by Crippen LogP contribution is 2.25. The second kappa shape index (κ2) is 4.74. The van der Waals surface area contributed by atoms with Crippen molar-refractivity contribution in [2.45, 2.75) is 6.92 Å². The highest BCUT2D eigenvalue weighted by atomic mass is 16.6. The van der Waals surface area contributed by atoms with Gasteiger partial charge in [-0.2, -0.15) is 0 Å². The van der Waals surface area contributed by atoms with Crippen molar-refractivity contribution in [2.75, 3.05) is 20.2 Å². The van der Waals surface area contributed by atoms with Crippen LogP contribution < -0.4 is 10.1 Å². The van der Waals surface area contributed by atoms with Crippen LogP contribution in [0.3, 0.4) is 0 Å². The summed E-state index contributed by atoms with van der Waals surface area (Å²) >= 11 is 0. The molecule has 0 unspecified atom stereocenters. The number of ether oxygens (including phenoxy) is 1. The van der Waals surface area contributed by atoms with Crippen LogP contribution in [0.15, 0.2) is 0 Å². The molecule has 15 heavy (non-hydrogen) atoms. The zero-order valence-corrected chi connectivity index (χ0v) is 8.98. The first-order chi connectivity index (χ1) is 7.07. The Morgan fingerprint density at radius 3 is 2.87 bits per heavy atom. The predicted molar refractivity (Wildman–Crippen MR) is 54.0 cm³/mol. The monoisotopic (exact) mass is 214 g/mol. The van der Waals surface area contributed by atoms with Crippen molar-refractivity contribution < 1.29 is 9.66 Å². The highest BCUT2D eigenvalue weighted by molar-refractivity contribution is 5.35. The van der Waals surface area contributed by atoms with E-state index in [0.717, 1.165) is 0 Å². The lowest BCUT2D eigenvalue weighted by atomic mass is 10.6. The van der Waals surface area contributed by atoms with Gasteiger partial charge in [-0.1, -0.05) is 0 Å². The first kappa shape index (κ1) is 11.4. The second-order valence-corrected chi connectivity index (χ2v) is 3.06. The number of aromatic nitrogens is 2. The summed E-state index contributed by atoms with van der Waals surface area (Å²) in [5, 5.41) is 13.5. The van der Waals surface area contributed by atoms with Crippen molar-refractivity contribution in [2.24, 2.45) is 7.05 Å². The fraction of sp³-hybridized carbons (Fsp3) is 0.625. The Labute approximate surface area is 87.2 Å². The topological polar surface area (TPSA) is 82.2 Å². The van der Waals surface area contributed by atoms with Crippen LogP contribution in [0.5, 0.6) is 5.88 Å². The maximum absolute atomic E-state index is 10.7. The zero-order valence-electron chi connectivity index (χ0n) is 8.98. The van der Waals surface area contributed by atoms with Crippen LogP contribution in [0.4, 0.5) is 5.82 Å². The third kappa shape index (κ3) is 2.44. The molecule has 0 radical (unpaired) electrons. The highest BCUT2D eigenvalue weighted by Gasteiger charge is 2.24. The summed E-state index contributed by atoms with van der Waals surface area (Å²) in [6.45, 7) is 2.69. The summed E-state index contributed by atoms with van der Waals surface area (Å²) in [5.74, 6) is 0.528. The minimum atomic E-state index is -0.540. The zero-order chi connectivity index (χ0) is 11.4. The molecule has 7 heteroatoms. The molecule has 0 bridgehead atoms. The Hall–Kier alpha value is -1.63. The minimum absolute atomic E-state index is 0.202. The quantitative estimate of drug-likeness (QED) is 0.431. The lowest BCUT2D eigenvalue weighted by Crippen LogP contribution is -2.17. The van der Waals surface area contributed by atoms with E-state index in [1.165, 1.54) is 0 Å². The van der Waals surface area contributed by atoms with Gasteiger partial charge in [0.25, 0.3) is 5.88 Å². The van der Waals surface area contributed by atoms with Crippen molar-refractivity contribution >= 4 is 5.82 Å². The SMILES string of the molecule is CNCCOc1c([N+](=O)[O-])nc(C)n1C. The molecule has 0 aliphatic carbocycles. The van der Waals surface area contributed by atoms with E-state index in [-0.39, 0.29) is 11.7 Å². The average Bonchev–Trinajstić information content (AvgIpc) is 2.46. The lowest BCUT2D eigenvalue weighted by Gasteiger charge is -2.05. The summed E-state index contributed by atoms with van der Waals surface area (Å²) in [6, 6.07) is 0. The van der Waals surface area contributed by atoms with E-state index in [9.17, 15) is 10.1 Å². The first-order valence-electron chi connectivity index (χ1n) is 4.53. The Bertz CT molecular complexity index is 361. The molecule has 84 valence electrons. The van der Waals surface area contributed by atoms with Gasteiger partial charge in [-0.25, -0.2) is 0 Å². The van der Waals surface area contributed by atoms with E-state index in [1.807, 2.05) is 0 Å². The van der Waals surface area contributed by atoms with Crippen LogP contribution in [-0.4, -0.2) is 34.7 Å². The molecule has 0 aliphatic rings. The summed E-state index contributed by atoms with van der Waals surface area (Å²) < 4.78 is 6.85. The largest absolute Gasteiger partial charge is 0.471 e. The summed E-state index contributed by atoms with van der Waals surface area (Å²) in [5.41, 5.74) is 0. The van der Waals surface area contributed by atoms with Crippen LogP contribution in [0.1, 0.15) is 5.82 Å². The number of imidazole rings is 1. The lowest BCUT2D eigenvalue weighted by molar-refractivity contribution is -0.390. The molecule has 1 heterocycles. The summed E-state index contributed by atoms with van der Waals surface area (Å²) in [7, 11) is 3.47. The Morgan fingerprint density at radius 1 is 1.67 bits per heavy atom. The maximum atomic E-state index is 10.7. The van der Waals surface area contributed by atoms with Crippen molar-refractivity contribution in [1.29, 1.82) is 0 Å². The number of aryl methyl sites for hydroxylation is 1. The number of hydrogen-bond acceptors (Lipinski definition) is 5. The van der Waals surface area contributed by atoms with Gasteiger partial charge in [0.2, 0.25) is 5.82 Å². The van der Waals surface area contributed by atoms with E-state index >= 15 is 0 Å². The molecule has 0 spiro atoms. The standard InChI is InChI=1S/C8H14N4O3/c1-6-10-7(12(13)14)8(11(6)3)15-5-4-9-2/h9H,4-5H2,1-3H3. The summed E-state index contributed by atoms with van der Waals surface area (Å²) in [4.78, 5) is 13.9. The minimum Gasteiger partial charge on any atom is -0.471 e. The first-order valence-corrected chi connectivity index (χ1v) is 4.53. The normalized spacial score (nSPS) is 10.3. The van der Waals surface area contributed by atoms with E-state index in [1.54, 1.807) is 25.6 Å². The van der Waals surface area contributed by atoms with Crippen molar-refractivity contribution in [3.63, 3.8) is 0 Å². The molecule has 0 aromatic carbocycles. The van der Waals surface area contributed by atoms with Gasteiger partial charge in [-0.05, 0) is 17.0 Å². The van der Waals surface area contributed by atoms with Gasteiger partial charge < -0.3 is 20.2 Å². The molecule has 1 aromatic heterocycles. The van der Waals surface area contributed by atoms with Gasteiger partial charge in [0, 0.05) is 20.5 Å².